The van der Waals surface area contributed by atoms with Crippen LogP contribution in [0, 0.1) is 22.7 Å². The average Bonchev–Trinajstić information content (AvgIpc) is 3.69. The fourth-order valence-electron chi connectivity index (χ4n) is 10.1. The van der Waals surface area contributed by atoms with Crippen LogP contribution in [0.1, 0.15) is 77.3 Å². The van der Waals surface area contributed by atoms with Gasteiger partial charge in [0.05, 0.1) is 12.2 Å². The second-order valence-corrected chi connectivity index (χ2v) is 15.4. The number of carbonyl (C=O) groups is 2. The highest BCUT2D eigenvalue weighted by Gasteiger charge is 2.82. The number of aliphatic hydroxyl groups excluding tert-OH is 1. The number of carboxylic acid groups (broad SMARTS) is 1. The van der Waals surface area contributed by atoms with Crippen LogP contribution in [0.5, 0.6) is 11.5 Å². The number of carbonyl (C=O) groups excluding carboxylic acids is 1. The molecule has 1 aromatic carbocycles. The molecule has 0 radical (unpaired) electrons. The van der Waals surface area contributed by atoms with E-state index in [4.69, 9.17) is 14.2 Å². The molecule has 4 bridgehead atoms. The number of hydrogen-bond donors (Lipinski definition) is 4. The van der Waals surface area contributed by atoms with Crippen molar-refractivity contribution >= 4 is 12.1 Å². The van der Waals surface area contributed by atoms with Crippen molar-refractivity contribution in [2.24, 2.45) is 22.7 Å². The van der Waals surface area contributed by atoms with Crippen molar-refractivity contribution in [3.63, 3.8) is 0 Å². The Hall–Kier alpha value is -2.40. The molecule has 10 heteroatoms. The highest BCUT2D eigenvalue weighted by molar-refractivity contribution is 5.81. The molecule has 2 aliphatic heterocycles. The quantitative estimate of drug-likeness (QED) is 0.355. The van der Waals surface area contributed by atoms with Crippen LogP contribution in [0.15, 0.2) is 12.1 Å². The minimum atomic E-state index is -1.48. The molecule has 8 atom stereocenters. The number of aliphatic carboxylic acids is 1. The minimum absolute atomic E-state index is 0.143. The Labute approximate surface area is 253 Å². The highest BCUT2D eigenvalue weighted by Crippen LogP contribution is 2.78. The van der Waals surface area contributed by atoms with Crippen molar-refractivity contribution in [3.05, 3.63) is 23.3 Å². The molecule has 1 saturated heterocycles. The third kappa shape index (κ3) is 3.72. The van der Waals surface area contributed by atoms with E-state index in [0.29, 0.717) is 11.8 Å². The largest absolute Gasteiger partial charge is 0.482 e. The van der Waals surface area contributed by atoms with Crippen molar-refractivity contribution in [1.82, 2.24) is 10.2 Å². The maximum absolute atomic E-state index is 12.9. The molecule has 5 aliphatic carbocycles. The molecule has 0 aromatic heterocycles. The lowest BCUT2D eigenvalue weighted by Gasteiger charge is -2.75. The number of piperidine rings is 1. The van der Waals surface area contributed by atoms with Crippen LogP contribution in [0.3, 0.4) is 0 Å². The first-order valence-corrected chi connectivity index (χ1v) is 15.9. The number of aliphatic hydroxyl groups is 2. The molecule has 5 fully saturated rings. The molecular formula is C33H46N2O8. The SMILES string of the molecule is CO[C@]12CC[C@@]3(C[C@@H]1[C@](C)(O)C(C)(C)C)[C@H]1Cc4ccc(OC(=O)N[C@@H](CO)C(=O)O)c5c4[C@@]3(CCN1CC1CC1)[C@H]2O5. The third-order valence-electron chi connectivity index (χ3n) is 12.8. The number of rotatable bonds is 8. The summed E-state index contributed by atoms with van der Waals surface area (Å²) < 4.78 is 19.4. The summed E-state index contributed by atoms with van der Waals surface area (Å²) >= 11 is 0. The zero-order valence-electron chi connectivity index (χ0n) is 25.9. The van der Waals surface area contributed by atoms with Crippen LogP contribution in [-0.2, 0) is 21.4 Å². The average molecular weight is 599 g/mol. The number of methoxy groups -OCH3 is 1. The van der Waals surface area contributed by atoms with E-state index in [1.807, 2.05) is 13.0 Å². The maximum Gasteiger partial charge on any atom is 0.413 e. The van der Waals surface area contributed by atoms with Gasteiger partial charge in [0.2, 0.25) is 0 Å². The van der Waals surface area contributed by atoms with Crippen LogP contribution < -0.4 is 14.8 Å². The molecule has 0 unspecified atom stereocenters. The lowest BCUT2D eigenvalue weighted by atomic mass is 9.33. The minimum Gasteiger partial charge on any atom is -0.482 e. The number of fused-ring (bicyclic) bond motifs is 2. The molecule has 10 nitrogen and oxygen atoms in total. The Bertz CT molecular complexity index is 1350. The molecule has 7 aliphatic rings. The maximum atomic E-state index is 12.9. The van der Waals surface area contributed by atoms with E-state index < -0.39 is 41.3 Å². The van der Waals surface area contributed by atoms with Crippen LogP contribution in [0.2, 0.25) is 0 Å². The topological polar surface area (TPSA) is 138 Å². The van der Waals surface area contributed by atoms with Gasteiger partial charge in [-0.05, 0) is 81.4 Å². The van der Waals surface area contributed by atoms with Crippen LogP contribution in [0.4, 0.5) is 4.79 Å². The van der Waals surface area contributed by atoms with E-state index in [1.165, 1.54) is 18.4 Å². The van der Waals surface area contributed by atoms with E-state index in [0.717, 1.165) is 56.7 Å². The number of nitrogens with one attached hydrogen (secondary N) is 1. The summed E-state index contributed by atoms with van der Waals surface area (Å²) in [6.45, 7) is 9.57. The van der Waals surface area contributed by atoms with Gasteiger partial charge in [0.1, 0.15) is 11.7 Å². The molecule has 2 heterocycles. The monoisotopic (exact) mass is 598 g/mol. The van der Waals surface area contributed by atoms with Gasteiger partial charge in [-0.2, -0.15) is 0 Å². The molecule has 43 heavy (non-hydrogen) atoms. The summed E-state index contributed by atoms with van der Waals surface area (Å²) in [5.41, 5.74) is -0.380. The van der Waals surface area contributed by atoms with Crippen LogP contribution >= 0.6 is 0 Å². The van der Waals surface area contributed by atoms with Crippen LogP contribution in [0.25, 0.3) is 0 Å². The number of amides is 1. The van der Waals surface area contributed by atoms with Gasteiger partial charge in [-0.25, -0.2) is 9.59 Å². The van der Waals surface area contributed by atoms with Crippen molar-refractivity contribution < 1.29 is 39.1 Å². The van der Waals surface area contributed by atoms with E-state index in [2.05, 4.69) is 31.0 Å². The van der Waals surface area contributed by atoms with Crippen molar-refractivity contribution in [2.75, 3.05) is 26.8 Å². The lowest BCUT2D eigenvalue weighted by Crippen LogP contribution is -2.83. The van der Waals surface area contributed by atoms with Gasteiger partial charge in [-0.1, -0.05) is 26.8 Å². The first-order valence-electron chi connectivity index (χ1n) is 15.9. The fourth-order valence-corrected chi connectivity index (χ4v) is 10.1. The number of hydrogen-bond acceptors (Lipinski definition) is 8. The molecule has 1 amide bonds. The van der Waals surface area contributed by atoms with E-state index in [1.54, 1.807) is 13.2 Å². The Morgan fingerprint density at radius 1 is 1.19 bits per heavy atom. The van der Waals surface area contributed by atoms with Gasteiger partial charge < -0.3 is 34.8 Å². The predicted molar refractivity (Wildman–Crippen MR) is 156 cm³/mol. The van der Waals surface area contributed by atoms with E-state index >= 15 is 0 Å². The Balaban J connectivity index is 1.37. The molecule has 8 rings (SSSR count). The molecule has 1 aromatic rings. The van der Waals surface area contributed by atoms with Gasteiger partial charge in [0.25, 0.3) is 0 Å². The van der Waals surface area contributed by atoms with E-state index in [-0.39, 0.29) is 28.6 Å². The second-order valence-electron chi connectivity index (χ2n) is 15.4. The van der Waals surface area contributed by atoms with Gasteiger partial charge in [0, 0.05) is 42.0 Å². The number of likely N-dealkylation sites (tertiary alicyclic amines) is 1. The summed E-state index contributed by atoms with van der Waals surface area (Å²) in [6.07, 6.45) is 5.61. The van der Waals surface area contributed by atoms with E-state index in [9.17, 15) is 24.9 Å². The highest BCUT2D eigenvalue weighted by atomic mass is 16.6. The Morgan fingerprint density at radius 2 is 1.93 bits per heavy atom. The summed E-state index contributed by atoms with van der Waals surface area (Å²) in [5.74, 6) is 0.00797. The first kappa shape index (κ1) is 29.3. The van der Waals surface area contributed by atoms with Crippen LogP contribution in [-0.4, -0.2) is 88.5 Å². The van der Waals surface area contributed by atoms with Gasteiger partial charge in [-0.15, -0.1) is 0 Å². The molecule has 236 valence electrons. The number of benzene rings is 1. The molecule has 4 N–H and O–H groups in total. The molecule has 2 spiro atoms. The Morgan fingerprint density at radius 3 is 2.56 bits per heavy atom. The standard InChI is InChI=1S/C33H46N2O8/c1-29(2,3)30(4,40)22-15-31-10-11-33(22,41-5)27-32(31)12-13-35(16-18-6-7-18)23(31)14-19-8-9-21(25(43-27)24(19)32)42-28(39)34-20(17-36)26(37)38/h8-9,18,20,22-23,27,36,40H,6-7,10-17H2,1-5H3,(H,34,39)(H,37,38)/t20-,22+,23+,27+,30-,31+,32-,33+/m0/s1. The molecule has 4 saturated carbocycles. The first-order chi connectivity index (χ1) is 20.3. The molecular weight excluding hydrogens is 552 g/mol. The Kier molecular flexibility index (Phi) is 6.35. The summed E-state index contributed by atoms with van der Waals surface area (Å²) in [5, 5.41) is 33.3. The van der Waals surface area contributed by atoms with Gasteiger partial charge >= 0.3 is 12.1 Å². The van der Waals surface area contributed by atoms with Gasteiger partial charge in [-0.3, -0.25) is 4.90 Å². The normalized spacial score (nSPS) is 37.6. The van der Waals surface area contributed by atoms with Crippen molar-refractivity contribution in [2.45, 2.75) is 107 Å². The third-order valence-corrected chi connectivity index (χ3v) is 12.8. The predicted octanol–water partition coefficient (Wildman–Crippen LogP) is 3.24. The summed E-state index contributed by atoms with van der Waals surface area (Å²) in [6, 6.07) is 2.63. The smallest absolute Gasteiger partial charge is 0.413 e. The van der Waals surface area contributed by atoms with Gasteiger partial charge in [0.15, 0.2) is 17.5 Å². The zero-order valence-corrected chi connectivity index (χ0v) is 25.9. The summed E-state index contributed by atoms with van der Waals surface area (Å²) in [7, 11) is 1.75. The number of carboxylic acids is 1. The van der Waals surface area contributed by atoms with Crippen molar-refractivity contribution in [1.29, 1.82) is 0 Å². The zero-order chi connectivity index (χ0) is 30.7. The second kappa shape index (κ2) is 9.31. The lowest BCUT2D eigenvalue weighted by molar-refractivity contribution is -0.312. The number of nitrogens with zero attached hydrogens (tertiary/aromatic N) is 1. The van der Waals surface area contributed by atoms with Crippen molar-refractivity contribution in [3.8, 4) is 11.5 Å². The number of ether oxygens (including phenoxy) is 3. The summed E-state index contributed by atoms with van der Waals surface area (Å²) in [4.78, 5) is 27.0. The fraction of sp³-hybridized carbons (Fsp3) is 0.758.